The van der Waals surface area contributed by atoms with Crippen LogP contribution in [0.3, 0.4) is 0 Å². The molecular formula is C15H23NO2. The molecule has 1 aromatic rings. The minimum atomic E-state index is 0.404. The van der Waals surface area contributed by atoms with Crippen LogP contribution >= 0.6 is 0 Å². The predicted octanol–water partition coefficient (Wildman–Crippen LogP) is 2.39. The van der Waals surface area contributed by atoms with Crippen LogP contribution in [0.1, 0.15) is 24.8 Å². The maximum Gasteiger partial charge on any atom is 0.118 e. The Kier molecular flexibility index (Phi) is 5.02. The van der Waals surface area contributed by atoms with E-state index in [4.69, 9.17) is 9.47 Å². The topological polar surface area (TPSA) is 30.5 Å². The van der Waals surface area contributed by atoms with Crippen LogP contribution in [-0.4, -0.2) is 32.9 Å². The molecule has 1 aliphatic rings. The van der Waals surface area contributed by atoms with Gasteiger partial charge in [0.05, 0.1) is 13.2 Å². The molecule has 1 aromatic carbocycles. The summed E-state index contributed by atoms with van der Waals surface area (Å²) in [6.45, 7) is 1.01. The Morgan fingerprint density at radius 3 is 2.61 bits per heavy atom. The smallest absolute Gasteiger partial charge is 0.118 e. The van der Waals surface area contributed by atoms with Crippen molar-refractivity contribution < 1.29 is 9.47 Å². The lowest BCUT2D eigenvalue weighted by Gasteiger charge is -2.19. The minimum Gasteiger partial charge on any atom is -0.497 e. The molecule has 0 bridgehead atoms. The van der Waals surface area contributed by atoms with Crippen LogP contribution < -0.4 is 10.1 Å². The average Bonchev–Trinajstić information content (AvgIpc) is 2.87. The normalized spacial score (nSPS) is 23.2. The Morgan fingerprint density at radius 1 is 1.17 bits per heavy atom. The lowest BCUT2D eigenvalue weighted by atomic mass is 10.1. The number of rotatable bonds is 6. The SMILES string of the molecule is COc1ccc(CCNC2CCCC2OC)cc1. The van der Waals surface area contributed by atoms with E-state index in [-0.39, 0.29) is 0 Å². The number of hydrogen-bond acceptors (Lipinski definition) is 3. The Morgan fingerprint density at radius 2 is 1.94 bits per heavy atom. The van der Waals surface area contributed by atoms with Gasteiger partial charge in [0.15, 0.2) is 0 Å². The Balaban J connectivity index is 1.74. The summed E-state index contributed by atoms with van der Waals surface area (Å²) < 4.78 is 10.6. The van der Waals surface area contributed by atoms with Crippen LogP contribution in [0.4, 0.5) is 0 Å². The molecule has 0 saturated heterocycles. The average molecular weight is 249 g/mol. The molecule has 3 nitrogen and oxygen atoms in total. The van der Waals surface area contributed by atoms with Crippen molar-refractivity contribution in [3.63, 3.8) is 0 Å². The number of benzene rings is 1. The number of nitrogens with one attached hydrogen (secondary N) is 1. The van der Waals surface area contributed by atoms with Crippen molar-refractivity contribution >= 4 is 0 Å². The van der Waals surface area contributed by atoms with Gasteiger partial charge in [-0.05, 0) is 49.9 Å². The van der Waals surface area contributed by atoms with E-state index in [0.29, 0.717) is 12.1 Å². The Bertz CT molecular complexity index is 350. The molecule has 0 aliphatic heterocycles. The molecule has 0 spiro atoms. The second kappa shape index (κ2) is 6.76. The summed E-state index contributed by atoms with van der Waals surface area (Å²) in [5.74, 6) is 0.918. The molecule has 100 valence electrons. The third kappa shape index (κ3) is 3.47. The summed E-state index contributed by atoms with van der Waals surface area (Å²) in [6.07, 6.45) is 5.16. The summed E-state index contributed by atoms with van der Waals surface area (Å²) in [6, 6.07) is 8.82. The fourth-order valence-corrected chi connectivity index (χ4v) is 2.64. The lowest BCUT2D eigenvalue weighted by Crippen LogP contribution is -2.37. The molecule has 0 radical (unpaired) electrons. The zero-order valence-corrected chi connectivity index (χ0v) is 11.3. The van der Waals surface area contributed by atoms with Crippen molar-refractivity contribution in [2.75, 3.05) is 20.8 Å². The van der Waals surface area contributed by atoms with E-state index >= 15 is 0 Å². The zero-order chi connectivity index (χ0) is 12.8. The molecule has 2 atom stereocenters. The molecule has 1 N–H and O–H groups in total. The molecule has 2 rings (SSSR count). The predicted molar refractivity (Wildman–Crippen MR) is 73.1 cm³/mol. The highest BCUT2D eigenvalue weighted by atomic mass is 16.5. The van der Waals surface area contributed by atoms with Crippen molar-refractivity contribution in [2.24, 2.45) is 0 Å². The second-order valence-corrected chi connectivity index (χ2v) is 4.86. The van der Waals surface area contributed by atoms with E-state index in [1.54, 1.807) is 7.11 Å². The van der Waals surface area contributed by atoms with E-state index in [1.165, 1.54) is 24.8 Å². The summed E-state index contributed by atoms with van der Waals surface area (Å²) in [5, 5.41) is 3.60. The maximum absolute atomic E-state index is 5.48. The standard InChI is InChI=1S/C15H23NO2/c1-17-13-8-6-12(7-9-13)10-11-16-14-4-3-5-15(14)18-2/h6-9,14-16H,3-5,10-11H2,1-2H3. The molecule has 0 aromatic heterocycles. The summed E-state index contributed by atoms with van der Waals surface area (Å²) in [7, 11) is 3.51. The third-order valence-corrected chi connectivity index (χ3v) is 3.73. The minimum absolute atomic E-state index is 0.404. The Hall–Kier alpha value is -1.06. The van der Waals surface area contributed by atoms with Crippen molar-refractivity contribution in [1.82, 2.24) is 5.32 Å². The third-order valence-electron chi connectivity index (χ3n) is 3.73. The van der Waals surface area contributed by atoms with Gasteiger partial charge in [-0.1, -0.05) is 12.1 Å². The van der Waals surface area contributed by atoms with E-state index in [9.17, 15) is 0 Å². The summed E-state index contributed by atoms with van der Waals surface area (Å²) in [4.78, 5) is 0. The van der Waals surface area contributed by atoms with Gasteiger partial charge in [-0.25, -0.2) is 0 Å². The molecule has 3 heteroatoms. The van der Waals surface area contributed by atoms with Crippen LogP contribution in [0.2, 0.25) is 0 Å². The first-order chi connectivity index (χ1) is 8.83. The molecule has 0 heterocycles. The molecule has 2 unspecified atom stereocenters. The van der Waals surface area contributed by atoms with Crippen LogP contribution in [-0.2, 0) is 11.2 Å². The highest BCUT2D eigenvalue weighted by Crippen LogP contribution is 2.21. The van der Waals surface area contributed by atoms with Crippen molar-refractivity contribution in [1.29, 1.82) is 0 Å². The Labute approximate surface area is 109 Å². The number of methoxy groups -OCH3 is 2. The van der Waals surface area contributed by atoms with Crippen LogP contribution in [0.25, 0.3) is 0 Å². The van der Waals surface area contributed by atoms with Gasteiger partial charge in [0.2, 0.25) is 0 Å². The van der Waals surface area contributed by atoms with E-state index in [0.717, 1.165) is 18.7 Å². The van der Waals surface area contributed by atoms with Gasteiger partial charge in [0.1, 0.15) is 5.75 Å². The highest BCUT2D eigenvalue weighted by Gasteiger charge is 2.25. The lowest BCUT2D eigenvalue weighted by molar-refractivity contribution is 0.0854. The van der Waals surface area contributed by atoms with Crippen LogP contribution in [0.15, 0.2) is 24.3 Å². The number of hydrogen-bond donors (Lipinski definition) is 1. The van der Waals surface area contributed by atoms with E-state index < -0.39 is 0 Å². The maximum atomic E-state index is 5.48. The van der Waals surface area contributed by atoms with Crippen LogP contribution in [0, 0.1) is 0 Å². The van der Waals surface area contributed by atoms with Gasteiger partial charge in [-0.2, -0.15) is 0 Å². The van der Waals surface area contributed by atoms with Crippen molar-refractivity contribution in [2.45, 2.75) is 37.8 Å². The summed E-state index contributed by atoms with van der Waals surface area (Å²) >= 11 is 0. The fourth-order valence-electron chi connectivity index (χ4n) is 2.64. The van der Waals surface area contributed by atoms with Gasteiger partial charge >= 0.3 is 0 Å². The van der Waals surface area contributed by atoms with Gasteiger partial charge in [0.25, 0.3) is 0 Å². The molecule has 1 fully saturated rings. The molecule has 1 saturated carbocycles. The fraction of sp³-hybridized carbons (Fsp3) is 0.600. The molecule has 0 amide bonds. The second-order valence-electron chi connectivity index (χ2n) is 4.86. The monoisotopic (exact) mass is 249 g/mol. The van der Waals surface area contributed by atoms with Gasteiger partial charge in [-0.3, -0.25) is 0 Å². The molecule has 1 aliphatic carbocycles. The first-order valence-electron chi connectivity index (χ1n) is 6.72. The highest BCUT2D eigenvalue weighted by molar-refractivity contribution is 5.27. The first kappa shape index (κ1) is 13.4. The van der Waals surface area contributed by atoms with Crippen LogP contribution in [0.5, 0.6) is 5.75 Å². The van der Waals surface area contributed by atoms with Gasteiger partial charge in [-0.15, -0.1) is 0 Å². The first-order valence-corrected chi connectivity index (χ1v) is 6.72. The van der Waals surface area contributed by atoms with E-state index in [2.05, 4.69) is 17.4 Å². The van der Waals surface area contributed by atoms with E-state index in [1.807, 2.05) is 19.2 Å². The van der Waals surface area contributed by atoms with Crippen molar-refractivity contribution in [3.8, 4) is 5.75 Å². The molecular weight excluding hydrogens is 226 g/mol. The summed E-state index contributed by atoms with van der Waals surface area (Å²) in [5.41, 5.74) is 1.34. The van der Waals surface area contributed by atoms with Crippen molar-refractivity contribution in [3.05, 3.63) is 29.8 Å². The molecule has 18 heavy (non-hydrogen) atoms. The quantitative estimate of drug-likeness (QED) is 0.839. The van der Waals surface area contributed by atoms with Gasteiger partial charge in [0, 0.05) is 13.2 Å². The largest absolute Gasteiger partial charge is 0.497 e. The van der Waals surface area contributed by atoms with Gasteiger partial charge < -0.3 is 14.8 Å². The number of ether oxygens (including phenoxy) is 2. The zero-order valence-electron chi connectivity index (χ0n) is 11.3.